The Bertz CT molecular complexity index is 1210. The van der Waals surface area contributed by atoms with Crippen molar-refractivity contribution in [1.29, 1.82) is 0 Å². The van der Waals surface area contributed by atoms with Crippen LogP contribution in [0.15, 0.2) is 42.6 Å². The fourth-order valence-corrected chi connectivity index (χ4v) is 4.71. The van der Waals surface area contributed by atoms with E-state index in [-0.39, 0.29) is 11.1 Å². The maximum absolute atomic E-state index is 13.5. The molecule has 0 saturated carbocycles. The van der Waals surface area contributed by atoms with Gasteiger partial charge in [-0.05, 0) is 61.1 Å². The maximum atomic E-state index is 13.5. The molecule has 2 aliphatic heterocycles. The molecule has 2 N–H and O–H groups in total. The van der Waals surface area contributed by atoms with Crippen LogP contribution in [-0.2, 0) is 0 Å². The van der Waals surface area contributed by atoms with Gasteiger partial charge in [-0.15, -0.1) is 0 Å². The summed E-state index contributed by atoms with van der Waals surface area (Å²) in [7, 11) is 0. The molecule has 2 amide bonds. The van der Waals surface area contributed by atoms with Crippen molar-refractivity contribution in [2.45, 2.75) is 26.2 Å². The zero-order valence-corrected chi connectivity index (χ0v) is 19.3. The predicted octanol–water partition coefficient (Wildman–Crippen LogP) is 6.04. The summed E-state index contributed by atoms with van der Waals surface area (Å²) in [6.45, 7) is 5.29. The molecule has 2 aliphatic rings. The number of hydrogen-bond acceptors (Lipinski definition) is 3. The smallest absolute Gasteiger partial charge is 0.320 e. The number of likely N-dealkylation sites (tertiary alicyclic amines) is 1. The molecular formula is C25H27ClFN5O. The van der Waals surface area contributed by atoms with Gasteiger partial charge in [0.25, 0.3) is 0 Å². The summed E-state index contributed by atoms with van der Waals surface area (Å²) >= 11 is 5.92. The number of anilines is 2. The number of carbonyl (C=O) groups excluding carboxylic acids is 1. The van der Waals surface area contributed by atoms with Gasteiger partial charge >= 0.3 is 6.03 Å². The lowest BCUT2D eigenvalue weighted by Gasteiger charge is -2.36. The Labute approximate surface area is 197 Å². The third-order valence-corrected chi connectivity index (χ3v) is 6.90. The number of amides is 2. The SMILES string of the molecule is CC1CCN(C(=O)N2CC=C(c3cc4c(Nc5ccc(F)c(Cl)c5)ccnc4[nH]3)CC2)CC1. The van der Waals surface area contributed by atoms with Gasteiger partial charge in [0.05, 0.1) is 10.7 Å². The molecule has 1 aromatic carbocycles. The molecule has 1 fully saturated rings. The number of nitrogens with one attached hydrogen (secondary N) is 2. The van der Waals surface area contributed by atoms with Crippen LogP contribution in [0, 0.1) is 11.7 Å². The molecule has 8 heteroatoms. The lowest BCUT2D eigenvalue weighted by Crippen LogP contribution is -2.47. The van der Waals surface area contributed by atoms with Gasteiger partial charge in [-0.3, -0.25) is 0 Å². The molecule has 0 bridgehead atoms. The van der Waals surface area contributed by atoms with E-state index in [0.717, 1.165) is 54.8 Å². The highest BCUT2D eigenvalue weighted by atomic mass is 35.5. The van der Waals surface area contributed by atoms with Gasteiger partial charge < -0.3 is 20.1 Å². The van der Waals surface area contributed by atoms with Gasteiger partial charge in [-0.25, -0.2) is 14.2 Å². The number of halogens is 2. The molecule has 0 unspecified atom stereocenters. The number of urea groups is 1. The monoisotopic (exact) mass is 467 g/mol. The van der Waals surface area contributed by atoms with Crippen LogP contribution in [0.3, 0.4) is 0 Å². The number of piperidine rings is 1. The van der Waals surface area contributed by atoms with Crippen molar-refractivity contribution in [3.63, 3.8) is 0 Å². The highest BCUT2D eigenvalue weighted by Crippen LogP contribution is 2.31. The molecule has 0 radical (unpaired) electrons. The number of H-pyrrole nitrogens is 1. The lowest BCUT2D eigenvalue weighted by molar-refractivity contribution is 0.138. The van der Waals surface area contributed by atoms with E-state index >= 15 is 0 Å². The van der Waals surface area contributed by atoms with E-state index < -0.39 is 5.82 Å². The topological polar surface area (TPSA) is 64.3 Å². The van der Waals surface area contributed by atoms with Crippen molar-refractivity contribution in [3.05, 3.63) is 59.1 Å². The summed E-state index contributed by atoms with van der Waals surface area (Å²) in [6.07, 6.45) is 6.82. The van der Waals surface area contributed by atoms with Crippen LogP contribution in [0.25, 0.3) is 16.6 Å². The van der Waals surface area contributed by atoms with E-state index in [4.69, 9.17) is 11.6 Å². The van der Waals surface area contributed by atoms with Crippen molar-refractivity contribution in [2.24, 2.45) is 5.92 Å². The minimum atomic E-state index is -0.447. The van der Waals surface area contributed by atoms with Crippen molar-refractivity contribution in [2.75, 3.05) is 31.5 Å². The standard InChI is InChI=1S/C25H27ClFN5O/c1-16-5-10-31(11-6-16)25(33)32-12-7-17(8-13-32)23-15-19-22(4-9-28-24(19)30-23)29-18-2-3-21(27)20(26)14-18/h2-4,7,9,14-16H,5-6,8,10-13H2,1H3,(H2,28,29,30). The molecular weight excluding hydrogens is 441 g/mol. The second-order valence-electron chi connectivity index (χ2n) is 8.94. The number of nitrogens with zero attached hydrogens (tertiary/aromatic N) is 3. The molecule has 33 heavy (non-hydrogen) atoms. The van der Waals surface area contributed by atoms with Crippen LogP contribution in [0.5, 0.6) is 0 Å². The predicted molar refractivity (Wildman–Crippen MR) is 130 cm³/mol. The molecule has 0 aliphatic carbocycles. The Morgan fingerprint density at radius 1 is 1.18 bits per heavy atom. The first-order valence-electron chi connectivity index (χ1n) is 11.4. The number of pyridine rings is 1. The van der Waals surface area contributed by atoms with Crippen molar-refractivity contribution in [3.8, 4) is 0 Å². The number of hydrogen-bond donors (Lipinski definition) is 2. The highest BCUT2D eigenvalue weighted by Gasteiger charge is 2.26. The highest BCUT2D eigenvalue weighted by molar-refractivity contribution is 6.31. The van der Waals surface area contributed by atoms with Crippen LogP contribution in [0.2, 0.25) is 5.02 Å². The average Bonchev–Trinajstić information content (AvgIpc) is 3.27. The summed E-state index contributed by atoms with van der Waals surface area (Å²) in [5.74, 6) is 0.259. The fraction of sp³-hybridized carbons (Fsp3) is 0.360. The van der Waals surface area contributed by atoms with Crippen LogP contribution < -0.4 is 5.32 Å². The lowest BCUT2D eigenvalue weighted by atomic mass is 9.99. The molecule has 3 aromatic rings. The third-order valence-electron chi connectivity index (χ3n) is 6.61. The minimum Gasteiger partial charge on any atom is -0.355 e. The first kappa shape index (κ1) is 21.8. The first-order valence-corrected chi connectivity index (χ1v) is 11.8. The number of benzene rings is 1. The quantitative estimate of drug-likeness (QED) is 0.493. The van der Waals surface area contributed by atoms with Gasteiger partial charge in [0, 0.05) is 49.1 Å². The van der Waals surface area contributed by atoms with Gasteiger partial charge in [0.15, 0.2) is 0 Å². The zero-order chi connectivity index (χ0) is 22.9. The molecule has 4 heterocycles. The Hall–Kier alpha value is -3.06. The van der Waals surface area contributed by atoms with E-state index in [0.29, 0.717) is 24.7 Å². The number of fused-ring (bicyclic) bond motifs is 1. The molecule has 0 atom stereocenters. The van der Waals surface area contributed by atoms with E-state index in [1.807, 2.05) is 15.9 Å². The molecule has 2 aromatic heterocycles. The Morgan fingerprint density at radius 2 is 2.00 bits per heavy atom. The Morgan fingerprint density at radius 3 is 2.73 bits per heavy atom. The molecule has 172 valence electrons. The Balaban J connectivity index is 1.32. The van der Waals surface area contributed by atoms with Gasteiger partial charge in [-0.2, -0.15) is 0 Å². The third kappa shape index (κ3) is 4.55. The summed E-state index contributed by atoms with van der Waals surface area (Å²) < 4.78 is 13.5. The van der Waals surface area contributed by atoms with Crippen molar-refractivity contribution >= 4 is 45.6 Å². The van der Waals surface area contributed by atoms with Crippen molar-refractivity contribution in [1.82, 2.24) is 19.8 Å². The number of carbonyl (C=O) groups is 1. The zero-order valence-electron chi connectivity index (χ0n) is 18.6. The van der Waals surface area contributed by atoms with E-state index in [1.54, 1.807) is 18.3 Å². The Kier molecular flexibility index (Phi) is 5.98. The summed E-state index contributed by atoms with van der Waals surface area (Å²) in [5.41, 5.74) is 4.51. The molecule has 1 saturated heterocycles. The largest absolute Gasteiger partial charge is 0.355 e. The number of rotatable bonds is 3. The maximum Gasteiger partial charge on any atom is 0.320 e. The van der Waals surface area contributed by atoms with Crippen LogP contribution in [0.1, 0.15) is 31.9 Å². The second-order valence-corrected chi connectivity index (χ2v) is 9.34. The van der Waals surface area contributed by atoms with E-state index in [9.17, 15) is 9.18 Å². The molecule has 6 nitrogen and oxygen atoms in total. The molecule has 0 spiro atoms. The summed E-state index contributed by atoms with van der Waals surface area (Å²) in [5, 5.41) is 4.32. The molecule has 5 rings (SSSR count). The van der Waals surface area contributed by atoms with Crippen molar-refractivity contribution < 1.29 is 9.18 Å². The van der Waals surface area contributed by atoms with Gasteiger partial charge in [0.1, 0.15) is 11.5 Å². The fourth-order valence-electron chi connectivity index (χ4n) is 4.53. The summed E-state index contributed by atoms with van der Waals surface area (Å²) in [4.78, 5) is 24.7. The van der Waals surface area contributed by atoms with Crippen LogP contribution in [-0.4, -0.2) is 52.0 Å². The van der Waals surface area contributed by atoms with Crippen LogP contribution >= 0.6 is 11.6 Å². The normalized spacial score (nSPS) is 17.4. The van der Waals surface area contributed by atoms with Gasteiger partial charge in [0.2, 0.25) is 0 Å². The summed E-state index contributed by atoms with van der Waals surface area (Å²) in [6, 6.07) is 8.67. The average molecular weight is 468 g/mol. The number of aromatic amines is 1. The first-order chi connectivity index (χ1) is 16.0. The van der Waals surface area contributed by atoms with Gasteiger partial charge in [-0.1, -0.05) is 24.6 Å². The second kappa shape index (κ2) is 9.06. The van der Waals surface area contributed by atoms with E-state index in [1.165, 1.54) is 11.6 Å². The van der Waals surface area contributed by atoms with E-state index in [2.05, 4.69) is 34.4 Å². The minimum absolute atomic E-state index is 0.0746. The van der Waals surface area contributed by atoms with Crippen LogP contribution in [0.4, 0.5) is 20.6 Å². The number of aromatic nitrogens is 2.